The molecule has 136 valence electrons. The van der Waals surface area contributed by atoms with E-state index in [0.717, 1.165) is 31.7 Å². The molecule has 6 nitrogen and oxygen atoms in total. The van der Waals surface area contributed by atoms with Crippen molar-refractivity contribution in [1.82, 2.24) is 9.88 Å². The fourth-order valence-electron chi connectivity index (χ4n) is 3.16. The number of nitrogens with one attached hydrogen (secondary N) is 1. The van der Waals surface area contributed by atoms with E-state index in [1.807, 2.05) is 16.4 Å². The van der Waals surface area contributed by atoms with Crippen molar-refractivity contribution in [3.63, 3.8) is 0 Å². The number of aryl methyl sites for hydroxylation is 1. The zero-order valence-electron chi connectivity index (χ0n) is 14.7. The average Bonchev–Trinajstić information content (AvgIpc) is 2.64. The SMILES string of the molecule is CCOOCc1cn(CC)c2cc(N3CCNCC3)c(F)cc2c1=O. The number of benzene rings is 1. The highest BCUT2D eigenvalue weighted by Gasteiger charge is 2.18. The molecule has 2 aromatic rings. The molecule has 1 aliphatic heterocycles. The van der Waals surface area contributed by atoms with Gasteiger partial charge in [0.2, 0.25) is 0 Å². The van der Waals surface area contributed by atoms with Crippen LogP contribution in [-0.4, -0.2) is 37.4 Å². The van der Waals surface area contributed by atoms with Gasteiger partial charge in [-0.05, 0) is 26.0 Å². The summed E-state index contributed by atoms with van der Waals surface area (Å²) in [7, 11) is 0. The Balaban J connectivity index is 2.06. The topological polar surface area (TPSA) is 55.7 Å². The minimum atomic E-state index is -0.364. The fraction of sp³-hybridized carbons (Fsp3) is 0.500. The van der Waals surface area contributed by atoms with Gasteiger partial charge >= 0.3 is 0 Å². The second-order valence-corrected chi connectivity index (χ2v) is 6.00. The maximum absolute atomic E-state index is 14.7. The summed E-state index contributed by atoms with van der Waals surface area (Å²) in [5.74, 6) is -0.364. The van der Waals surface area contributed by atoms with Crippen molar-refractivity contribution in [2.75, 3.05) is 37.7 Å². The number of anilines is 1. The third-order valence-electron chi connectivity index (χ3n) is 4.44. The zero-order chi connectivity index (χ0) is 17.8. The molecule has 2 heterocycles. The number of rotatable bonds is 6. The molecule has 1 aliphatic rings. The minimum Gasteiger partial charge on any atom is -0.367 e. The third-order valence-corrected chi connectivity index (χ3v) is 4.44. The quantitative estimate of drug-likeness (QED) is 0.491. The van der Waals surface area contributed by atoms with Gasteiger partial charge in [-0.3, -0.25) is 4.79 Å². The Morgan fingerprint density at radius 1 is 1.20 bits per heavy atom. The molecule has 0 spiro atoms. The van der Waals surface area contributed by atoms with Crippen molar-refractivity contribution in [1.29, 1.82) is 0 Å². The third kappa shape index (κ3) is 3.68. The monoisotopic (exact) mass is 349 g/mol. The molecule has 1 N–H and O–H groups in total. The lowest BCUT2D eigenvalue weighted by atomic mass is 10.1. The van der Waals surface area contributed by atoms with Gasteiger partial charge in [0.25, 0.3) is 0 Å². The van der Waals surface area contributed by atoms with Crippen molar-refractivity contribution in [3.05, 3.63) is 39.9 Å². The smallest absolute Gasteiger partial charge is 0.195 e. The van der Waals surface area contributed by atoms with E-state index in [1.54, 1.807) is 19.2 Å². The summed E-state index contributed by atoms with van der Waals surface area (Å²) in [4.78, 5) is 24.6. The molecule has 0 aliphatic carbocycles. The molecule has 1 aromatic heterocycles. The first-order valence-electron chi connectivity index (χ1n) is 8.71. The zero-order valence-corrected chi connectivity index (χ0v) is 14.7. The van der Waals surface area contributed by atoms with Gasteiger partial charge in [-0.1, -0.05) is 0 Å². The molecule has 3 rings (SSSR count). The first-order chi connectivity index (χ1) is 12.2. The summed E-state index contributed by atoms with van der Waals surface area (Å²) in [6, 6.07) is 3.14. The van der Waals surface area contributed by atoms with E-state index in [4.69, 9.17) is 9.78 Å². The summed E-state index contributed by atoms with van der Waals surface area (Å²) in [5, 5.41) is 3.63. The van der Waals surface area contributed by atoms with E-state index in [1.165, 1.54) is 6.07 Å². The van der Waals surface area contributed by atoms with Crippen LogP contribution >= 0.6 is 0 Å². The van der Waals surface area contributed by atoms with Gasteiger partial charge in [0, 0.05) is 49.9 Å². The summed E-state index contributed by atoms with van der Waals surface area (Å²) in [5.41, 5.74) is 1.53. The summed E-state index contributed by atoms with van der Waals surface area (Å²) in [6.45, 7) is 8.06. The molecule has 25 heavy (non-hydrogen) atoms. The lowest BCUT2D eigenvalue weighted by molar-refractivity contribution is -0.300. The molecule has 0 bridgehead atoms. The first kappa shape index (κ1) is 17.8. The van der Waals surface area contributed by atoms with Crippen molar-refractivity contribution in [3.8, 4) is 0 Å². The first-order valence-corrected chi connectivity index (χ1v) is 8.71. The van der Waals surface area contributed by atoms with E-state index in [0.29, 0.717) is 29.8 Å². The number of fused-ring (bicyclic) bond motifs is 1. The lowest BCUT2D eigenvalue weighted by Crippen LogP contribution is -2.43. The maximum Gasteiger partial charge on any atom is 0.195 e. The van der Waals surface area contributed by atoms with Crippen molar-refractivity contribution >= 4 is 16.6 Å². The Morgan fingerprint density at radius 2 is 1.96 bits per heavy atom. The molecular formula is C18H24FN3O3. The maximum atomic E-state index is 14.7. The van der Waals surface area contributed by atoms with E-state index >= 15 is 0 Å². The lowest BCUT2D eigenvalue weighted by Gasteiger charge is -2.30. The number of nitrogens with zero attached hydrogens (tertiary/aromatic N) is 2. The van der Waals surface area contributed by atoms with Crippen LogP contribution in [0, 0.1) is 5.82 Å². The molecule has 1 fully saturated rings. The van der Waals surface area contributed by atoms with Crippen LogP contribution in [0.1, 0.15) is 19.4 Å². The van der Waals surface area contributed by atoms with Crippen LogP contribution in [0.15, 0.2) is 23.1 Å². The fourth-order valence-corrected chi connectivity index (χ4v) is 3.16. The van der Waals surface area contributed by atoms with Crippen molar-refractivity contribution in [2.45, 2.75) is 27.0 Å². The number of pyridine rings is 1. The summed E-state index contributed by atoms with van der Waals surface area (Å²) >= 11 is 0. The molecule has 0 amide bonds. The highest BCUT2D eigenvalue weighted by Crippen LogP contribution is 2.25. The Kier molecular flexibility index (Phi) is 5.67. The van der Waals surface area contributed by atoms with Crippen LogP contribution < -0.4 is 15.6 Å². The van der Waals surface area contributed by atoms with Crippen LogP contribution in [0.5, 0.6) is 0 Å². The van der Waals surface area contributed by atoms with Gasteiger partial charge in [0.05, 0.1) is 17.8 Å². The Bertz CT molecular complexity index is 800. The van der Waals surface area contributed by atoms with E-state index in [2.05, 4.69) is 5.32 Å². The van der Waals surface area contributed by atoms with Gasteiger partial charge in [0.15, 0.2) is 5.43 Å². The van der Waals surface area contributed by atoms with Gasteiger partial charge in [-0.2, -0.15) is 0 Å². The summed E-state index contributed by atoms with van der Waals surface area (Å²) < 4.78 is 16.6. The van der Waals surface area contributed by atoms with Crippen molar-refractivity contribution < 1.29 is 14.2 Å². The highest BCUT2D eigenvalue weighted by atomic mass is 19.1. The summed E-state index contributed by atoms with van der Waals surface area (Å²) in [6.07, 6.45) is 1.77. The molecule has 1 aromatic carbocycles. The van der Waals surface area contributed by atoms with Gasteiger partial charge < -0.3 is 14.8 Å². The van der Waals surface area contributed by atoms with Gasteiger partial charge in [0.1, 0.15) is 12.4 Å². The van der Waals surface area contributed by atoms with E-state index < -0.39 is 0 Å². The molecule has 0 saturated carbocycles. The number of halogens is 1. The minimum absolute atomic E-state index is 0.0454. The molecule has 1 saturated heterocycles. The molecule has 0 unspecified atom stereocenters. The molecule has 7 heteroatoms. The normalized spacial score (nSPS) is 15.1. The Labute approximate surface area is 146 Å². The van der Waals surface area contributed by atoms with Crippen LogP contribution in [0.4, 0.5) is 10.1 Å². The molecule has 0 atom stereocenters. The number of hydrogen-bond donors (Lipinski definition) is 1. The Morgan fingerprint density at radius 3 is 2.64 bits per heavy atom. The van der Waals surface area contributed by atoms with E-state index in [-0.39, 0.29) is 17.9 Å². The number of hydrogen-bond acceptors (Lipinski definition) is 5. The highest BCUT2D eigenvalue weighted by molar-refractivity contribution is 5.83. The second-order valence-electron chi connectivity index (χ2n) is 6.00. The number of aromatic nitrogens is 1. The van der Waals surface area contributed by atoms with Crippen LogP contribution in [-0.2, 0) is 22.9 Å². The number of piperazine rings is 1. The molecular weight excluding hydrogens is 325 g/mol. The van der Waals surface area contributed by atoms with Gasteiger partial charge in [-0.25, -0.2) is 14.2 Å². The van der Waals surface area contributed by atoms with Crippen LogP contribution in [0.2, 0.25) is 0 Å². The molecule has 0 radical (unpaired) electrons. The van der Waals surface area contributed by atoms with Crippen LogP contribution in [0.3, 0.4) is 0 Å². The predicted octanol–water partition coefficient (Wildman–Crippen LogP) is 2.04. The Hall–Kier alpha value is -1.96. The second kappa shape index (κ2) is 7.95. The average molecular weight is 349 g/mol. The van der Waals surface area contributed by atoms with E-state index in [9.17, 15) is 9.18 Å². The van der Waals surface area contributed by atoms with Gasteiger partial charge in [-0.15, -0.1) is 0 Å². The predicted molar refractivity (Wildman–Crippen MR) is 95.3 cm³/mol. The standard InChI is InChI=1S/C18H24FN3O3/c1-3-21-11-13(12-25-24-4-2)18(23)14-9-15(19)17(10-16(14)21)22-7-5-20-6-8-22/h9-11,20H,3-8,12H2,1-2H3. The van der Waals surface area contributed by atoms with Crippen molar-refractivity contribution in [2.24, 2.45) is 0 Å². The largest absolute Gasteiger partial charge is 0.367 e. The van der Waals surface area contributed by atoms with Crippen LogP contribution in [0.25, 0.3) is 10.9 Å².